The van der Waals surface area contributed by atoms with Gasteiger partial charge in [0.05, 0.1) is 25.6 Å². The standard InChI is InChI=1S/C28H30Cl2N4O6S/c1-19(2)16-31-28(36)20(3)32(17-21-12-13-25(29)26(30)14-21)27(35)18-33(22-8-7-9-23(15-22)34(37)38)41(39,40)24-10-5-4-6-11-24/h4-15,19-20H,16-18H2,1-3H3,(H,31,36)/t20-/m0/s1. The van der Waals surface area contributed by atoms with Gasteiger partial charge in [0, 0.05) is 25.2 Å². The van der Waals surface area contributed by atoms with Crippen molar-refractivity contribution < 1.29 is 22.9 Å². The lowest BCUT2D eigenvalue weighted by Crippen LogP contribution is -2.51. The molecule has 1 N–H and O–H groups in total. The van der Waals surface area contributed by atoms with Crippen molar-refractivity contribution in [1.82, 2.24) is 10.2 Å². The Kier molecular flexibility index (Phi) is 10.7. The van der Waals surface area contributed by atoms with Gasteiger partial charge in [-0.3, -0.25) is 24.0 Å². The molecule has 0 spiro atoms. The van der Waals surface area contributed by atoms with Gasteiger partial charge in [-0.15, -0.1) is 0 Å². The normalized spacial score (nSPS) is 12.0. The van der Waals surface area contributed by atoms with E-state index in [1.54, 1.807) is 24.3 Å². The van der Waals surface area contributed by atoms with Crippen molar-refractivity contribution in [2.45, 2.75) is 38.3 Å². The predicted octanol–water partition coefficient (Wildman–Crippen LogP) is 5.29. The third-order valence-corrected chi connectivity index (χ3v) is 8.65. The highest BCUT2D eigenvalue weighted by atomic mass is 35.5. The molecule has 3 rings (SSSR count). The quantitative estimate of drug-likeness (QED) is 0.216. The molecule has 10 nitrogen and oxygen atoms in total. The van der Waals surface area contributed by atoms with E-state index in [0.29, 0.717) is 17.1 Å². The number of nitro groups is 1. The monoisotopic (exact) mass is 620 g/mol. The molecule has 3 aromatic rings. The molecule has 0 aliphatic carbocycles. The van der Waals surface area contributed by atoms with Gasteiger partial charge in [0.15, 0.2) is 0 Å². The molecule has 0 aromatic heterocycles. The molecular weight excluding hydrogens is 591 g/mol. The lowest BCUT2D eigenvalue weighted by molar-refractivity contribution is -0.384. The van der Waals surface area contributed by atoms with Crippen molar-refractivity contribution in [2.24, 2.45) is 5.92 Å². The first-order valence-electron chi connectivity index (χ1n) is 12.6. The third-order valence-electron chi connectivity index (χ3n) is 6.13. The summed E-state index contributed by atoms with van der Waals surface area (Å²) in [6.07, 6.45) is 0. The number of carbonyl (C=O) groups excluding carboxylic acids is 2. The molecule has 3 aromatic carbocycles. The molecule has 41 heavy (non-hydrogen) atoms. The van der Waals surface area contributed by atoms with Crippen molar-refractivity contribution in [3.63, 3.8) is 0 Å². The van der Waals surface area contributed by atoms with Crippen LogP contribution in [0.4, 0.5) is 11.4 Å². The Morgan fingerprint density at radius 1 is 0.951 bits per heavy atom. The molecule has 2 amide bonds. The Morgan fingerprint density at radius 3 is 2.24 bits per heavy atom. The van der Waals surface area contributed by atoms with Gasteiger partial charge in [-0.2, -0.15) is 0 Å². The van der Waals surface area contributed by atoms with E-state index >= 15 is 0 Å². The fraction of sp³-hybridized carbons (Fsp3) is 0.286. The molecule has 0 aliphatic heterocycles. The zero-order valence-electron chi connectivity index (χ0n) is 22.7. The highest BCUT2D eigenvalue weighted by Crippen LogP contribution is 2.28. The van der Waals surface area contributed by atoms with Crippen LogP contribution in [0.3, 0.4) is 0 Å². The molecule has 0 unspecified atom stereocenters. The van der Waals surface area contributed by atoms with Gasteiger partial charge in [0.1, 0.15) is 12.6 Å². The minimum Gasteiger partial charge on any atom is -0.354 e. The number of halogens is 2. The average Bonchev–Trinajstić information content (AvgIpc) is 2.95. The first-order valence-corrected chi connectivity index (χ1v) is 14.8. The van der Waals surface area contributed by atoms with Gasteiger partial charge in [0.25, 0.3) is 15.7 Å². The Labute approximate surface area is 249 Å². The number of amides is 2. The van der Waals surface area contributed by atoms with Crippen LogP contribution in [0.5, 0.6) is 0 Å². The van der Waals surface area contributed by atoms with Crippen molar-refractivity contribution in [3.8, 4) is 0 Å². The van der Waals surface area contributed by atoms with Gasteiger partial charge in [-0.1, -0.05) is 67.4 Å². The fourth-order valence-electron chi connectivity index (χ4n) is 3.88. The predicted molar refractivity (Wildman–Crippen MR) is 158 cm³/mol. The van der Waals surface area contributed by atoms with Gasteiger partial charge in [-0.25, -0.2) is 8.42 Å². The summed E-state index contributed by atoms with van der Waals surface area (Å²) in [6, 6.07) is 16.2. The van der Waals surface area contributed by atoms with Crippen molar-refractivity contribution in [3.05, 3.63) is 98.5 Å². The Hall–Kier alpha value is -3.67. The molecule has 0 fully saturated rings. The summed E-state index contributed by atoms with van der Waals surface area (Å²) in [5.41, 5.74) is 0.129. The molecule has 0 aliphatic rings. The molecule has 0 saturated carbocycles. The number of hydrogen-bond donors (Lipinski definition) is 1. The number of anilines is 1. The summed E-state index contributed by atoms with van der Waals surface area (Å²) >= 11 is 12.2. The summed E-state index contributed by atoms with van der Waals surface area (Å²) in [7, 11) is -4.35. The summed E-state index contributed by atoms with van der Waals surface area (Å²) in [4.78, 5) is 38.9. The van der Waals surface area contributed by atoms with Gasteiger partial charge < -0.3 is 10.2 Å². The minimum absolute atomic E-state index is 0.0807. The largest absolute Gasteiger partial charge is 0.354 e. The Bertz CT molecular complexity index is 1520. The third kappa shape index (κ3) is 8.18. The number of nitro benzene ring substituents is 1. The average molecular weight is 622 g/mol. The van der Waals surface area contributed by atoms with E-state index in [4.69, 9.17) is 23.2 Å². The van der Waals surface area contributed by atoms with E-state index in [-0.39, 0.29) is 33.8 Å². The second-order valence-corrected chi connectivity index (χ2v) is 12.4. The number of rotatable bonds is 12. The lowest BCUT2D eigenvalue weighted by atomic mass is 10.1. The maximum atomic E-state index is 13.9. The summed E-state index contributed by atoms with van der Waals surface area (Å²) in [6.45, 7) is 4.94. The molecule has 0 radical (unpaired) electrons. The lowest BCUT2D eigenvalue weighted by Gasteiger charge is -2.32. The van der Waals surface area contributed by atoms with E-state index in [1.807, 2.05) is 13.8 Å². The maximum Gasteiger partial charge on any atom is 0.271 e. The first-order chi connectivity index (χ1) is 19.3. The van der Waals surface area contributed by atoms with Crippen LogP contribution in [-0.4, -0.2) is 49.2 Å². The van der Waals surface area contributed by atoms with Gasteiger partial charge >= 0.3 is 0 Å². The number of nitrogens with one attached hydrogen (secondary N) is 1. The molecule has 0 heterocycles. The zero-order valence-corrected chi connectivity index (χ0v) is 25.0. The van der Waals surface area contributed by atoms with Crippen LogP contribution in [0.25, 0.3) is 0 Å². The second-order valence-electron chi connectivity index (χ2n) is 9.69. The Morgan fingerprint density at radius 2 is 1.63 bits per heavy atom. The van der Waals surface area contributed by atoms with E-state index in [2.05, 4.69) is 5.32 Å². The molecule has 0 bridgehead atoms. The van der Waals surface area contributed by atoms with E-state index in [1.165, 1.54) is 54.3 Å². The van der Waals surface area contributed by atoms with E-state index in [0.717, 1.165) is 10.4 Å². The second kappa shape index (κ2) is 13.8. The van der Waals surface area contributed by atoms with Crippen molar-refractivity contribution in [1.29, 1.82) is 0 Å². The first kappa shape index (κ1) is 31.9. The SMILES string of the molecule is CC(C)CNC(=O)[C@H](C)N(Cc1ccc(Cl)c(Cl)c1)C(=O)CN(c1cccc([N+](=O)[O-])c1)S(=O)(=O)c1ccccc1. The Balaban J connectivity index is 2.06. The van der Waals surface area contributed by atoms with Crippen LogP contribution in [0, 0.1) is 16.0 Å². The van der Waals surface area contributed by atoms with Crippen molar-refractivity contribution >= 4 is 56.4 Å². The van der Waals surface area contributed by atoms with Crippen LogP contribution >= 0.6 is 23.2 Å². The van der Waals surface area contributed by atoms with Crippen LogP contribution in [-0.2, 0) is 26.2 Å². The highest BCUT2D eigenvalue weighted by molar-refractivity contribution is 7.92. The van der Waals surface area contributed by atoms with Crippen molar-refractivity contribution in [2.75, 3.05) is 17.4 Å². The molecule has 218 valence electrons. The van der Waals surface area contributed by atoms with Gasteiger partial charge in [0.2, 0.25) is 11.8 Å². The van der Waals surface area contributed by atoms with Gasteiger partial charge in [-0.05, 0) is 48.7 Å². The number of hydrogen-bond acceptors (Lipinski definition) is 6. The summed E-state index contributed by atoms with van der Waals surface area (Å²) in [5.74, 6) is -0.986. The number of non-ortho nitro benzene ring substituents is 1. The van der Waals surface area contributed by atoms with Crippen LogP contribution in [0.15, 0.2) is 77.7 Å². The number of nitrogens with zero attached hydrogens (tertiary/aromatic N) is 3. The number of sulfonamides is 1. The topological polar surface area (TPSA) is 130 Å². The van der Waals surface area contributed by atoms with Crippen LogP contribution < -0.4 is 9.62 Å². The maximum absolute atomic E-state index is 13.9. The smallest absolute Gasteiger partial charge is 0.271 e. The van der Waals surface area contributed by atoms with E-state index < -0.39 is 39.3 Å². The molecule has 1 atom stereocenters. The fourth-order valence-corrected chi connectivity index (χ4v) is 5.63. The highest BCUT2D eigenvalue weighted by Gasteiger charge is 2.33. The van der Waals surface area contributed by atoms with E-state index in [9.17, 15) is 28.1 Å². The minimum atomic E-state index is -4.35. The summed E-state index contributed by atoms with van der Waals surface area (Å²) < 4.78 is 28.3. The number of carbonyl (C=O) groups is 2. The number of benzene rings is 3. The molecule has 0 saturated heterocycles. The van der Waals surface area contributed by atoms with Crippen LogP contribution in [0.2, 0.25) is 10.0 Å². The molecular formula is C28H30Cl2N4O6S. The zero-order chi connectivity index (χ0) is 30.3. The summed E-state index contributed by atoms with van der Waals surface area (Å²) in [5, 5.41) is 14.8. The molecule has 13 heteroatoms. The van der Waals surface area contributed by atoms with Crippen LogP contribution in [0.1, 0.15) is 26.3 Å².